The van der Waals surface area contributed by atoms with Crippen LogP contribution in [0.4, 0.5) is 0 Å². The maximum absolute atomic E-state index is 12.1. The molecule has 0 saturated carbocycles. The molecule has 0 saturated heterocycles. The fraction of sp³-hybridized carbons (Fsp3) is 0.412. The molecule has 0 spiro atoms. The van der Waals surface area contributed by atoms with Gasteiger partial charge >= 0.3 is 0 Å². The number of fused-ring (bicyclic) bond motifs is 1. The van der Waals surface area contributed by atoms with Gasteiger partial charge < -0.3 is 15.4 Å². The number of carbonyl (C=O) groups is 2. The van der Waals surface area contributed by atoms with E-state index in [0.717, 1.165) is 28.9 Å². The molecule has 0 unspecified atom stereocenters. The molecular formula is C17H22N2O3. The smallest absolute Gasteiger partial charge is 0.243 e. The average Bonchev–Trinajstić information content (AvgIpc) is 2.51. The fourth-order valence-corrected chi connectivity index (χ4v) is 2.64. The van der Waals surface area contributed by atoms with Gasteiger partial charge in [0.25, 0.3) is 0 Å². The molecule has 0 fully saturated rings. The van der Waals surface area contributed by atoms with Crippen molar-refractivity contribution in [3.8, 4) is 5.75 Å². The number of hydrogen-bond acceptors (Lipinski definition) is 3. The van der Waals surface area contributed by atoms with Crippen LogP contribution in [0.15, 0.2) is 24.8 Å². The standard InChI is InChI=1S/C17H22N2O3/c1-4-14(20)18-9-7-15(21)19-13-8-10-22-17-12(3)6-5-11(2)16(13)17/h4-6,13H,1,7-10H2,2-3H3,(H,18,20)(H,19,21)/t13-/m0/s1. The molecule has 2 amide bonds. The van der Waals surface area contributed by atoms with Crippen molar-refractivity contribution < 1.29 is 14.3 Å². The fourth-order valence-electron chi connectivity index (χ4n) is 2.64. The van der Waals surface area contributed by atoms with Gasteiger partial charge in [-0.1, -0.05) is 18.7 Å². The number of ether oxygens (including phenoxy) is 1. The van der Waals surface area contributed by atoms with E-state index in [1.54, 1.807) is 0 Å². The van der Waals surface area contributed by atoms with Gasteiger partial charge in [0.1, 0.15) is 5.75 Å². The van der Waals surface area contributed by atoms with Crippen LogP contribution in [0.25, 0.3) is 0 Å². The predicted octanol–water partition coefficient (Wildman–Crippen LogP) is 1.94. The second-order valence-electron chi connectivity index (χ2n) is 5.44. The maximum atomic E-state index is 12.1. The lowest BCUT2D eigenvalue weighted by atomic mass is 9.93. The number of rotatable bonds is 5. The molecule has 5 nitrogen and oxygen atoms in total. The molecule has 1 heterocycles. The number of benzene rings is 1. The van der Waals surface area contributed by atoms with Gasteiger partial charge in [-0.3, -0.25) is 9.59 Å². The van der Waals surface area contributed by atoms with Gasteiger partial charge in [-0.2, -0.15) is 0 Å². The van der Waals surface area contributed by atoms with E-state index in [9.17, 15) is 9.59 Å². The third-order valence-corrected chi connectivity index (χ3v) is 3.78. The van der Waals surface area contributed by atoms with Crippen LogP contribution >= 0.6 is 0 Å². The molecule has 0 radical (unpaired) electrons. The third-order valence-electron chi connectivity index (χ3n) is 3.78. The lowest BCUT2D eigenvalue weighted by Gasteiger charge is -2.29. The first-order chi connectivity index (χ1) is 10.5. The highest BCUT2D eigenvalue weighted by molar-refractivity contribution is 5.87. The van der Waals surface area contributed by atoms with Gasteiger partial charge in [0.15, 0.2) is 0 Å². The van der Waals surface area contributed by atoms with Crippen LogP contribution in [0.1, 0.15) is 35.6 Å². The zero-order valence-corrected chi connectivity index (χ0v) is 13.1. The van der Waals surface area contributed by atoms with Crippen molar-refractivity contribution in [2.24, 2.45) is 0 Å². The Balaban J connectivity index is 2.00. The topological polar surface area (TPSA) is 67.4 Å². The highest BCUT2D eigenvalue weighted by atomic mass is 16.5. The van der Waals surface area contributed by atoms with Crippen molar-refractivity contribution in [2.45, 2.75) is 32.7 Å². The van der Waals surface area contributed by atoms with E-state index in [2.05, 4.69) is 17.2 Å². The zero-order chi connectivity index (χ0) is 16.1. The van der Waals surface area contributed by atoms with Crippen LogP contribution in [0.3, 0.4) is 0 Å². The van der Waals surface area contributed by atoms with Gasteiger partial charge in [0, 0.05) is 24.9 Å². The molecule has 0 aromatic heterocycles. The van der Waals surface area contributed by atoms with Crippen molar-refractivity contribution in [1.82, 2.24) is 10.6 Å². The summed E-state index contributed by atoms with van der Waals surface area (Å²) in [4.78, 5) is 23.1. The Hall–Kier alpha value is -2.30. The molecule has 0 aliphatic carbocycles. The number of aryl methyl sites for hydroxylation is 2. The summed E-state index contributed by atoms with van der Waals surface area (Å²) in [5, 5.41) is 5.64. The summed E-state index contributed by atoms with van der Waals surface area (Å²) in [7, 11) is 0. The first-order valence-electron chi connectivity index (χ1n) is 7.45. The molecule has 1 atom stereocenters. The molecule has 1 aromatic rings. The molecule has 2 rings (SSSR count). The predicted molar refractivity (Wildman–Crippen MR) is 84.7 cm³/mol. The van der Waals surface area contributed by atoms with Crippen molar-refractivity contribution in [3.05, 3.63) is 41.5 Å². The normalized spacial score (nSPS) is 16.2. The van der Waals surface area contributed by atoms with E-state index in [0.29, 0.717) is 13.2 Å². The highest BCUT2D eigenvalue weighted by Crippen LogP contribution is 2.37. The van der Waals surface area contributed by atoms with Gasteiger partial charge in [-0.25, -0.2) is 0 Å². The van der Waals surface area contributed by atoms with Crippen molar-refractivity contribution in [3.63, 3.8) is 0 Å². The number of amides is 2. The minimum absolute atomic E-state index is 0.0359. The van der Waals surface area contributed by atoms with Crippen LogP contribution < -0.4 is 15.4 Å². The number of hydrogen-bond donors (Lipinski definition) is 2. The van der Waals surface area contributed by atoms with Crippen molar-refractivity contribution in [2.75, 3.05) is 13.2 Å². The van der Waals surface area contributed by atoms with Gasteiger partial charge in [-0.05, 0) is 31.1 Å². The van der Waals surface area contributed by atoms with E-state index in [4.69, 9.17) is 4.74 Å². The summed E-state index contributed by atoms with van der Waals surface area (Å²) in [6, 6.07) is 4.04. The molecule has 22 heavy (non-hydrogen) atoms. The summed E-state index contributed by atoms with van der Waals surface area (Å²) in [6.45, 7) is 8.30. The van der Waals surface area contributed by atoms with Gasteiger partial charge in [0.05, 0.1) is 12.6 Å². The molecule has 5 heteroatoms. The Morgan fingerprint density at radius 2 is 2.09 bits per heavy atom. The molecular weight excluding hydrogens is 280 g/mol. The first kappa shape index (κ1) is 16.1. The molecule has 1 aliphatic rings. The Bertz CT molecular complexity index is 596. The Kier molecular flexibility index (Phi) is 5.20. The van der Waals surface area contributed by atoms with Gasteiger partial charge in [0.2, 0.25) is 11.8 Å². The lowest BCUT2D eigenvalue weighted by Crippen LogP contribution is -2.35. The van der Waals surface area contributed by atoms with Crippen LogP contribution in [0, 0.1) is 13.8 Å². The summed E-state index contributed by atoms with van der Waals surface area (Å²) >= 11 is 0. The summed E-state index contributed by atoms with van der Waals surface area (Å²) in [5.41, 5.74) is 3.26. The van der Waals surface area contributed by atoms with Crippen LogP contribution in [0.5, 0.6) is 5.75 Å². The Morgan fingerprint density at radius 1 is 1.36 bits per heavy atom. The summed E-state index contributed by atoms with van der Waals surface area (Å²) in [5.74, 6) is 0.537. The van der Waals surface area contributed by atoms with E-state index < -0.39 is 0 Å². The largest absolute Gasteiger partial charge is 0.493 e. The third kappa shape index (κ3) is 3.67. The summed E-state index contributed by atoms with van der Waals surface area (Å²) < 4.78 is 5.75. The van der Waals surface area contributed by atoms with Crippen molar-refractivity contribution in [1.29, 1.82) is 0 Å². The molecule has 1 aliphatic heterocycles. The first-order valence-corrected chi connectivity index (χ1v) is 7.45. The van der Waals surface area contributed by atoms with Crippen LogP contribution in [-0.2, 0) is 9.59 Å². The number of carbonyl (C=O) groups excluding carboxylic acids is 2. The second kappa shape index (κ2) is 7.11. The van der Waals surface area contributed by atoms with E-state index in [-0.39, 0.29) is 24.3 Å². The molecule has 0 bridgehead atoms. The monoisotopic (exact) mass is 302 g/mol. The lowest BCUT2D eigenvalue weighted by molar-refractivity contribution is -0.122. The minimum atomic E-state index is -0.268. The maximum Gasteiger partial charge on any atom is 0.243 e. The van der Waals surface area contributed by atoms with Crippen molar-refractivity contribution >= 4 is 11.8 Å². The second-order valence-corrected chi connectivity index (χ2v) is 5.44. The Labute approximate surface area is 130 Å². The minimum Gasteiger partial charge on any atom is -0.493 e. The quantitative estimate of drug-likeness (QED) is 0.817. The van der Waals surface area contributed by atoms with E-state index in [1.807, 2.05) is 26.0 Å². The average molecular weight is 302 g/mol. The van der Waals surface area contributed by atoms with Crippen LogP contribution in [-0.4, -0.2) is 25.0 Å². The summed E-state index contributed by atoms with van der Waals surface area (Å²) in [6.07, 6.45) is 2.19. The van der Waals surface area contributed by atoms with E-state index in [1.165, 1.54) is 6.08 Å². The Morgan fingerprint density at radius 3 is 2.82 bits per heavy atom. The van der Waals surface area contributed by atoms with E-state index >= 15 is 0 Å². The van der Waals surface area contributed by atoms with Gasteiger partial charge in [-0.15, -0.1) is 0 Å². The molecule has 2 N–H and O–H groups in total. The number of nitrogens with one attached hydrogen (secondary N) is 2. The SMILES string of the molecule is C=CC(=O)NCCC(=O)N[C@H]1CCOc2c(C)ccc(C)c21. The van der Waals surface area contributed by atoms with Crippen LogP contribution in [0.2, 0.25) is 0 Å². The molecule has 1 aromatic carbocycles. The molecule has 118 valence electrons. The zero-order valence-electron chi connectivity index (χ0n) is 13.1. The highest BCUT2D eigenvalue weighted by Gasteiger charge is 2.25.